The lowest BCUT2D eigenvalue weighted by atomic mass is 9.94. The summed E-state index contributed by atoms with van der Waals surface area (Å²) in [5.74, 6) is -0.888. The first kappa shape index (κ1) is 17.1. The Balaban J connectivity index is 1.86. The summed E-state index contributed by atoms with van der Waals surface area (Å²) in [7, 11) is 0. The third-order valence-corrected chi connectivity index (χ3v) is 4.44. The van der Waals surface area contributed by atoms with Gasteiger partial charge < -0.3 is 14.7 Å². The maximum atomic E-state index is 12.2. The molecule has 0 spiro atoms. The van der Waals surface area contributed by atoms with Crippen molar-refractivity contribution in [2.75, 3.05) is 26.2 Å². The number of aliphatic carboxylic acids is 1. The molecule has 0 saturated carbocycles. The lowest BCUT2D eigenvalue weighted by Crippen LogP contribution is -2.52. The molecule has 2 fully saturated rings. The summed E-state index contributed by atoms with van der Waals surface area (Å²) >= 11 is 0. The fraction of sp³-hybridized carbons (Fsp3) is 0.875. The summed E-state index contributed by atoms with van der Waals surface area (Å²) in [6, 6.07) is 0.330. The monoisotopic (exact) mass is 312 g/mol. The van der Waals surface area contributed by atoms with Crippen molar-refractivity contribution in [3.8, 4) is 0 Å². The van der Waals surface area contributed by atoms with Crippen molar-refractivity contribution in [3.05, 3.63) is 0 Å². The minimum atomic E-state index is -0.682. The Bertz CT molecular complexity index is 411. The van der Waals surface area contributed by atoms with Crippen molar-refractivity contribution in [2.24, 2.45) is 5.92 Å². The molecular formula is C16H28N2O4. The van der Waals surface area contributed by atoms with Crippen LogP contribution >= 0.6 is 0 Å². The average Bonchev–Trinajstić information content (AvgIpc) is 2.46. The van der Waals surface area contributed by atoms with E-state index in [1.54, 1.807) is 4.90 Å². The molecule has 22 heavy (non-hydrogen) atoms. The van der Waals surface area contributed by atoms with Crippen LogP contribution in [0.3, 0.4) is 0 Å². The molecule has 2 aliphatic rings. The number of carbonyl (C=O) groups is 2. The second-order valence-electron chi connectivity index (χ2n) is 7.37. The number of carboxylic acid groups (broad SMARTS) is 1. The number of rotatable bonds is 2. The molecule has 6 heteroatoms. The number of ether oxygens (including phenoxy) is 1. The maximum Gasteiger partial charge on any atom is 0.410 e. The second kappa shape index (κ2) is 6.86. The zero-order valence-corrected chi connectivity index (χ0v) is 13.9. The quantitative estimate of drug-likeness (QED) is 0.846. The van der Waals surface area contributed by atoms with Gasteiger partial charge in [-0.2, -0.15) is 0 Å². The Morgan fingerprint density at radius 2 is 1.73 bits per heavy atom. The number of carboxylic acids is 1. The molecule has 126 valence electrons. The van der Waals surface area contributed by atoms with Crippen LogP contribution in [-0.4, -0.2) is 64.8 Å². The van der Waals surface area contributed by atoms with Crippen molar-refractivity contribution < 1.29 is 19.4 Å². The van der Waals surface area contributed by atoms with Gasteiger partial charge in [-0.25, -0.2) is 4.79 Å². The maximum absolute atomic E-state index is 12.2. The first-order chi connectivity index (χ1) is 10.3. The standard InChI is InChI=1S/C16H28N2O4/c1-16(2,3)22-15(21)18-8-4-5-13(11-18)17-9-6-12(7-10-17)14(19)20/h12-13H,4-11H2,1-3H3,(H,19,20). The summed E-state index contributed by atoms with van der Waals surface area (Å²) in [6.07, 6.45) is 3.22. The van der Waals surface area contributed by atoms with Gasteiger partial charge in [0.2, 0.25) is 0 Å². The highest BCUT2D eigenvalue weighted by atomic mass is 16.6. The SMILES string of the molecule is CC(C)(C)OC(=O)N1CCCC(N2CCC(C(=O)O)CC2)C1. The van der Waals surface area contributed by atoms with Gasteiger partial charge in [-0.05, 0) is 59.5 Å². The van der Waals surface area contributed by atoms with E-state index in [9.17, 15) is 9.59 Å². The molecule has 0 bridgehead atoms. The van der Waals surface area contributed by atoms with Crippen LogP contribution in [0.5, 0.6) is 0 Å². The van der Waals surface area contributed by atoms with E-state index in [-0.39, 0.29) is 12.0 Å². The zero-order valence-electron chi connectivity index (χ0n) is 13.9. The molecule has 1 N–H and O–H groups in total. The molecule has 0 aromatic rings. The van der Waals surface area contributed by atoms with Gasteiger partial charge in [0.25, 0.3) is 0 Å². The van der Waals surface area contributed by atoms with Crippen molar-refractivity contribution >= 4 is 12.1 Å². The van der Waals surface area contributed by atoms with Crippen molar-refractivity contribution in [2.45, 2.75) is 58.1 Å². The van der Waals surface area contributed by atoms with Gasteiger partial charge >= 0.3 is 12.1 Å². The van der Waals surface area contributed by atoms with Crippen LogP contribution in [0.1, 0.15) is 46.5 Å². The zero-order chi connectivity index (χ0) is 16.3. The number of nitrogens with zero attached hydrogens (tertiary/aromatic N) is 2. The van der Waals surface area contributed by atoms with E-state index in [4.69, 9.17) is 9.84 Å². The molecular weight excluding hydrogens is 284 g/mol. The highest BCUT2D eigenvalue weighted by Crippen LogP contribution is 2.24. The van der Waals surface area contributed by atoms with Crippen LogP contribution < -0.4 is 0 Å². The van der Waals surface area contributed by atoms with Crippen LogP contribution in [0, 0.1) is 5.92 Å². The lowest BCUT2D eigenvalue weighted by molar-refractivity contribution is -0.143. The number of carbonyl (C=O) groups excluding carboxylic acids is 1. The first-order valence-corrected chi connectivity index (χ1v) is 8.21. The normalized spacial score (nSPS) is 25.0. The fourth-order valence-electron chi connectivity index (χ4n) is 3.26. The minimum absolute atomic E-state index is 0.207. The first-order valence-electron chi connectivity index (χ1n) is 8.21. The van der Waals surface area contributed by atoms with Crippen molar-refractivity contribution in [3.63, 3.8) is 0 Å². The number of hydrogen-bond donors (Lipinski definition) is 1. The molecule has 2 saturated heterocycles. The van der Waals surface area contributed by atoms with Gasteiger partial charge in [0.15, 0.2) is 0 Å². The smallest absolute Gasteiger partial charge is 0.410 e. The van der Waals surface area contributed by atoms with Crippen molar-refractivity contribution in [1.29, 1.82) is 0 Å². The molecule has 1 amide bonds. The molecule has 0 radical (unpaired) electrons. The van der Waals surface area contributed by atoms with Crippen LogP contribution in [-0.2, 0) is 9.53 Å². The van der Waals surface area contributed by atoms with E-state index >= 15 is 0 Å². The summed E-state index contributed by atoms with van der Waals surface area (Å²) in [5.41, 5.74) is -0.468. The Labute approximate surface area is 132 Å². The molecule has 0 aliphatic carbocycles. The van der Waals surface area contributed by atoms with Gasteiger partial charge in [0.05, 0.1) is 5.92 Å². The molecule has 1 atom stereocenters. The largest absolute Gasteiger partial charge is 0.481 e. The lowest BCUT2D eigenvalue weighted by Gasteiger charge is -2.42. The number of hydrogen-bond acceptors (Lipinski definition) is 4. The number of amides is 1. The molecule has 1 unspecified atom stereocenters. The number of likely N-dealkylation sites (tertiary alicyclic amines) is 2. The van der Waals surface area contributed by atoms with Gasteiger partial charge in [0, 0.05) is 19.1 Å². The summed E-state index contributed by atoms with van der Waals surface area (Å²) in [6.45, 7) is 8.69. The molecule has 0 aromatic heterocycles. The Morgan fingerprint density at radius 1 is 1.09 bits per heavy atom. The van der Waals surface area contributed by atoms with E-state index in [0.29, 0.717) is 25.4 Å². The van der Waals surface area contributed by atoms with Gasteiger partial charge in [-0.15, -0.1) is 0 Å². The van der Waals surface area contributed by atoms with E-state index in [0.717, 1.165) is 32.5 Å². The van der Waals surface area contributed by atoms with Crippen molar-refractivity contribution in [1.82, 2.24) is 9.80 Å². The Hall–Kier alpha value is -1.30. The summed E-state index contributed by atoms with van der Waals surface area (Å²) < 4.78 is 5.45. The third kappa shape index (κ3) is 4.60. The van der Waals surface area contributed by atoms with Crippen LogP contribution in [0.4, 0.5) is 4.79 Å². The number of piperidine rings is 2. The third-order valence-electron chi connectivity index (χ3n) is 4.44. The van der Waals surface area contributed by atoms with Gasteiger partial charge in [0.1, 0.15) is 5.60 Å². The van der Waals surface area contributed by atoms with Gasteiger partial charge in [-0.1, -0.05) is 0 Å². The Kier molecular flexibility index (Phi) is 5.32. The molecule has 2 aliphatic heterocycles. The summed E-state index contributed by atoms with van der Waals surface area (Å²) in [4.78, 5) is 27.4. The fourth-order valence-corrected chi connectivity index (χ4v) is 3.26. The molecule has 2 rings (SSSR count). The minimum Gasteiger partial charge on any atom is -0.481 e. The summed E-state index contributed by atoms with van der Waals surface area (Å²) in [5, 5.41) is 9.07. The highest BCUT2D eigenvalue weighted by Gasteiger charge is 2.33. The topological polar surface area (TPSA) is 70.1 Å². The molecule has 2 heterocycles. The molecule has 0 aromatic carbocycles. The van der Waals surface area contributed by atoms with Gasteiger partial charge in [-0.3, -0.25) is 9.69 Å². The predicted octanol–water partition coefficient (Wildman–Crippen LogP) is 2.18. The van der Waals surface area contributed by atoms with E-state index in [2.05, 4.69) is 4.90 Å². The van der Waals surface area contributed by atoms with Crippen LogP contribution in [0.2, 0.25) is 0 Å². The van der Waals surface area contributed by atoms with E-state index < -0.39 is 11.6 Å². The highest BCUT2D eigenvalue weighted by molar-refractivity contribution is 5.70. The van der Waals surface area contributed by atoms with Crippen LogP contribution in [0.25, 0.3) is 0 Å². The average molecular weight is 312 g/mol. The molecule has 6 nitrogen and oxygen atoms in total. The van der Waals surface area contributed by atoms with E-state index in [1.165, 1.54) is 0 Å². The Morgan fingerprint density at radius 3 is 2.27 bits per heavy atom. The second-order valence-corrected chi connectivity index (χ2v) is 7.37. The van der Waals surface area contributed by atoms with Crippen LogP contribution in [0.15, 0.2) is 0 Å². The predicted molar refractivity (Wildman–Crippen MR) is 82.8 cm³/mol. The van der Waals surface area contributed by atoms with E-state index in [1.807, 2.05) is 20.8 Å².